The number of hydrogen-bond donors (Lipinski definition) is 1. The molecule has 0 amide bonds. The van der Waals surface area contributed by atoms with Crippen LogP contribution in [0.4, 0.5) is 10.1 Å². The molecule has 0 fully saturated rings. The van der Waals surface area contributed by atoms with Crippen LogP contribution >= 0.6 is 0 Å². The highest BCUT2D eigenvalue weighted by Crippen LogP contribution is 2.23. The molecule has 0 saturated carbocycles. The summed E-state index contributed by atoms with van der Waals surface area (Å²) in [5.41, 5.74) is 0.118. The highest BCUT2D eigenvalue weighted by Gasteiger charge is 2.15. The molecule has 0 aromatic heterocycles. The molecular weight excluding hydrogens is 309 g/mol. The van der Waals surface area contributed by atoms with Gasteiger partial charge in [0.05, 0.1) is 24.3 Å². The lowest BCUT2D eigenvalue weighted by Gasteiger charge is -2.10. The highest BCUT2D eigenvalue weighted by atomic mass is 32.2. The maximum Gasteiger partial charge on any atom is 0.261 e. The van der Waals surface area contributed by atoms with E-state index in [1.54, 1.807) is 12.1 Å². The third kappa shape index (κ3) is 3.67. The second-order valence-corrected chi connectivity index (χ2v) is 6.04. The van der Waals surface area contributed by atoms with Crippen molar-refractivity contribution in [3.8, 4) is 11.5 Å². The average Bonchev–Trinajstić information content (AvgIpc) is 2.48. The Morgan fingerprint density at radius 3 is 2.36 bits per heavy atom. The van der Waals surface area contributed by atoms with E-state index in [9.17, 15) is 12.8 Å². The number of rotatable bonds is 6. The number of anilines is 1. The molecule has 0 saturated heterocycles. The van der Waals surface area contributed by atoms with Crippen molar-refractivity contribution in [2.75, 3.05) is 18.4 Å². The van der Waals surface area contributed by atoms with Crippen molar-refractivity contribution in [2.45, 2.75) is 11.8 Å². The van der Waals surface area contributed by atoms with Crippen LogP contribution in [0, 0.1) is 5.82 Å². The van der Waals surface area contributed by atoms with Crippen molar-refractivity contribution < 1.29 is 22.3 Å². The van der Waals surface area contributed by atoms with E-state index in [0.717, 1.165) is 6.07 Å². The van der Waals surface area contributed by atoms with Gasteiger partial charge in [-0.2, -0.15) is 0 Å². The second kappa shape index (κ2) is 6.65. The summed E-state index contributed by atoms with van der Waals surface area (Å²) in [5, 5.41) is 0. The molecule has 0 aliphatic rings. The average molecular weight is 325 g/mol. The van der Waals surface area contributed by atoms with Gasteiger partial charge in [-0.1, -0.05) is 0 Å². The molecule has 1 N–H and O–H groups in total. The molecule has 0 spiro atoms. The van der Waals surface area contributed by atoms with Gasteiger partial charge in [0.25, 0.3) is 10.0 Å². The van der Waals surface area contributed by atoms with Gasteiger partial charge >= 0.3 is 0 Å². The van der Waals surface area contributed by atoms with Crippen molar-refractivity contribution in [2.24, 2.45) is 0 Å². The molecule has 0 heterocycles. The van der Waals surface area contributed by atoms with E-state index in [-0.39, 0.29) is 16.3 Å². The number of nitrogens with one attached hydrogen (secondary N) is 1. The van der Waals surface area contributed by atoms with Crippen LogP contribution in [-0.2, 0) is 10.0 Å². The lowest BCUT2D eigenvalue weighted by molar-refractivity contribution is 0.340. The van der Waals surface area contributed by atoms with Crippen LogP contribution in [0.5, 0.6) is 11.5 Å². The third-order valence-corrected chi connectivity index (χ3v) is 4.25. The molecule has 5 nitrogen and oxygen atoms in total. The Morgan fingerprint density at radius 1 is 1.14 bits per heavy atom. The molecule has 2 aromatic carbocycles. The first-order valence-electron chi connectivity index (χ1n) is 6.55. The maximum absolute atomic E-state index is 13.6. The highest BCUT2D eigenvalue weighted by molar-refractivity contribution is 7.92. The second-order valence-electron chi connectivity index (χ2n) is 4.36. The summed E-state index contributed by atoms with van der Waals surface area (Å²) < 4.78 is 50.4. The van der Waals surface area contributed by atoms with Crippen LogP contribution in [0.1, 0.15) is 6.92 Å². The number of halogens is 1. The molecule has 0 radical (unpaired) electrons. The maximum atomic E-state index is 13.6. The van der Waals surface area contributed by atoms with Crippen LogP contribution in [0.25, 0.3) is 0 Å². The molecule has 0 atom stereocenters. The topological polar surface area (TPSA) is 64.6 Å². The summed E-state index contributed by atoms with van der Waals surface area (Å²) >= 11 is 0. The summed E-state index contributed by atoms with van der Waals surface area (Å²) in [5.74, 6) is -0.0182. The Hall–Kier alpha value is -2.28. The normalized spacial score (nSPS) is 11.0. The fourth-order valence-corrected chi connectivity index (χ4v) is 2.88. The van der Waals surface area contributed by atoms with Crippen LogP contribution in [0.2, 0.25) is 0 Å². The van der Waals surface area contributed by atoms with Crippen molar-refractivity contribution in [3.05, 3.63) is 48.3 Å². The minimum atomic E-state index is -3.79. The third-order valence-electron chi connectivity index (χ3n) is 2.85. The zero-order valence-corrected chi connectivity index (χ0v) is 13.0. The van der Waals surface area contributed by atoms with Gasteiger partial charge in [-0.05, 0) is 43.3 Å². The van der Waals surface area contributed by atoms with Gasteiger partial charge in [0.2, 0.25) is 0 Å². The van der Waals surface area contributed by atoms with Gasteiger partial charge in [0.15, 0.2) is 11.6 Å². The van der Waals surface area contributed by atoms with E-state index in [4.69, 9.17) is 9.47 Å². The van der Waals surface area contributed by atoms with E-state index in [2.05, 4.69) is 4.72 Å². The Labute approximate surface area is 128 Å². The number of hydrogen-bond acceptors (Lipinski definition) is 4. The summed E-state index contributed by atoms with van der Waals surface area (Å²) in [4.78, 5) is 0.0622. The Balaban J connectivity index is 2.21. The first-order valence-corrected chi connectivity index (χ1v) is 8.04. The van der Waals surface area contributed by atoms with Crippen molar-refractivity contribution in [1.82, 2.24) is 0 Å². The number of ether oxygens (including phenoxy) is 2. The van der Waals surface area contributed by atoms with E-state index >= 15 is 0 Å². The van der Waals surface area contributed by atoms with Gasteiger partial charge in [-0.15, -0.1) is 0 Å². The molecule has 0 bridgehead atoms. The number of methoxy groups -OCH3 is 1. The molecule has 22 heavy (non-hydrogen) atoms. The molecule has 0 aliphatic heterocycles. The van der Waals surface area contributed by atoms with Gasteiger partial charge in [0.1, 0.15) is 5.75 Å². The molecule has 7 heteroatoms. The molecule has 118 valence electrons. The monoisotopic (exact) mass is 325 g/mol. The lowest BCUT2D eigenvalue weighted by Crippen LogP contribution is -2.13. The van der Waals surface area contributed by atoms with Crippen molar-refractivity contribution in [1.29, 1.82) is 0 Å². The Bertz CT molecular complexity index is 745. The molecule has 0 aliphatic carbocycles. The van der Waals surface area contributed by atoms with Crippen LogP contribution in [0.3, 0.4) is 0 Å². The zero-order chi connectivity index (χ0) is 16.2. The minimum absolute atomic E-state index is 0.0454. The Morgan fingerprint density at radius 2 is 1.82 bits per heavy atom. The fraction of sp³-hybridized carbons (Fsp3) is 0.200. The Kier molecular flexibility index (Phi) is 4.87. The first kappa shape index (κ1) is 16.1. The SMILES string of the molecule is CCOc1ccc(S(=O)(=O)Nc2ccc(OC)c(F)c2)cc1. The summed E-state index contributed by atoms with van der Waals surface area (Å²) in [7, 11) is -2.46. The quantitative estimate of drug-likeness (QED) is 0.886. The largest absolute Gasteiger partial charge is 0.494 e. The minimum Gasteiger partial charge on any atom is -0.494 e. The number of benzene rings is 2. The van der Waals surface area contributed by atoms with Gasteiger partial charge < -0.3 is 9.47 Å². The molecular formula is C15H16FNO4S. The van der Waals surface area contributed by atoms with E-state index < -0.39 is 15.8 Å². The van der Waals surface area contributed by atoms with Gasteiger partial charge in [-0.3, -0.25) is 4.72 Å². The predicted octanol–water partition coefficient (Wildman–Crippen LogP) is 3.03. The van der Waals surface area contributed by atoms with Crippen molar-refractivity contribution in [3.63, 3.8) is 0 Å². The van der Waals surface area contributed by atoms with Gasteiger partial charge in [0, 0.05) is 6.07 Å². The first-order chi connectivity index (χ1) is 10.5. The van der Waals surface area contributed by atoms with Crippen LogP contribution < -0.4 is 14.2 Å². The van der Waals surface area contributed by atoms with Crippen LogP contribution in [-0.4, -0.2) is 22.1 Å². The molecule has 0 unspecified atom stereocenters. The molecule has 2 aromatic rings. The standard InChI is InChI=1S/C15H16FNO4S/c1-3-21-12-5-7-13(8-6-12)22(18,19)17-11-4-9-15(20-2)14(16)10-11/h4-10,17H,3H2,1-2H3. The predicted molar refractivity (Wildman–Crippen MR) is 81.4 cm³/mol. The van der Waals surface area contributed by atoms with E-state index in [0.29, 0.717) is 12.4 Å². The van der Waals surface area contributed by atoms with Crippen molar-refractivity contribution >= 4 is 15.7 Å². The summed E-state index contributed by atoms with van der Waals surface area (Å²) in [6.45, 7) is 2.33. The lowest BCUT2D eigenvalue weighted by atomic mass is 10.3. The fourth-order valence-electron chi connectivity index (χ4n) is 1.83. The van der Waals surface area contributed by atoms with E-state index in [1.165, 1.54) is 31.4 Å². The van der Waals surface area contributed by atoms with Gasteiger partial charge in [-0.25, -0.2) is 12.8 Å². The summed E-state index contributed by atoms with van der Waals surface area (Å²) in [6.07, 6.45) is 0. The molecule has 2 rings (SSSR count). The van der Waals surface area contributed by atoms with E-state index in [1.807, 2.05) is 6.92 Å². The smallest absolute Gasteiger partial charge is 0.261 e. The van der Waals surface area contributed by atoms with Crippen LogP contribution in [0.15, 0.2) is 47.4 Å². The number of sulfonamides is 1. The summed E-state index contributed by atoms with van der Waals surface area (Å²) in [6, 6.07) is 9.81. The zero-order valence-electron chi connectivity index (χ0n) is 12.2.